The molecule has 3 rings (SSSR count). The predicted octanol–water partition coefficient (Wildman–Crippen LogP) is 2.41. The molecule has 2 aliphatic rings. The Bertz CT molecular complexity index is 572. The zero-order valence-electron chi connectivity index (χ0n) is 12.5. The number of ether oxygens (including phenoxy) is 1. The van der Waals surface area contributed by atoms with Crippen LogP contribution in [-0.4, -0.2) is 41.1 Å². The van der Waals surface area contributed by atoms with Gasteiger partial charge in [0.05, 0.1) is 0 Å². The number of carboxylic acid groups (broad SMARTS) is 1. The Hall–Kier alpha value is -2.04. The highest BCUT2D eigenvalue weighted by Gasteiger charge is 2.36. The highest BCUT2D eigenvalue weighted by atomic mass is 16.5. The molecule has 2 atom stereocenters. The van der Waals surface area contributed by atoms with E-state index in [0.29, 0.717) is 13.0 Å². The molecule has 1 amide bonds. The lowest BCUT2D eigenvalue weighted by molar-refractivity contribution is -0.140. The number of rotatable bonds is 4. The molecule has 0 bridgehead atoms. The molecule has 1 fully saturated rings. The third-order valence-corrected chi connectivity index (χ3v) is 4.60. The van der Waals surface area contributed by atoms with Crippen molar-refractivity contribution < 1.29 is 19.4 Å². The molecule has 1 aromatic rings. The number of piperidine rings is 1. The number of benzene rings is 1. The summed E-state index contributed by atoms with van der Waals surface area (Å²) in [4.78, 5) is 25.6. The van der Waals surface area contributed by atoms with E-state index in [9.17, 15) is 9.59 Å². The number of para-hydroxylation sites is 1. The van der Waals surface area contributed by atoms with Crippen LogP contribution in [0.5, 0.6) is 5.75 Å². The molecule has 0 aliphatic carbocycles. The number of hydrogen-bond donors (Lipinski definition) is 1. The van der Waals surface area contributed by atoms with Gasteiger partial charge < -0.3 is 14.7 Å². The molecule has 5 heteroatoms. The van der Waals surface area contributed by atoms with Gasteiger partial charge in [0.2, 0.25) is 5.91 Å². The third-order valence-electron chi connectivity index (χ3n) is 4.60. The highest BCUT2D eigenvalue weighted by Crippen LogP contribution is 2.36. The number of aliphatic carboxylic acids is 1. The Labute approximate surface area is 129 Å². The lowest BCUT2D eigenvalue weighted by atomic mass is 9.93. The molecule has 0 radical (unpaired) electrons. The monoisotopic (exact) mass is 303 g/mol. The minimum Gasteiger partial charge on any atom is -0.492 e. The van der Waals surface area contributed by atoms with Crippen LogP contribution < -0.4 is 4.74 Å². The molecule has 0 saturated carbocycles. The maximum atomic E-state index is 12.9. The quantitative estimate of drug-likeness (QED) is 0.927. The van der Waals surface area contributed by atoms with Gasteiger partial charge in [0.1, 0.15) is 18.3 Å². The standard InChI is InChI=1S/C17H21NO4/c19-16(20)9-8-12-5-3-4-10-18(12)17(21)14-11-22-15-7-2-1-6-13(14)15/h1-2,6-7,12,14H,3-5,8-11H2,(H,19,20)/t12-,14+/m0/s1. The Morgan fingerprint density at radius 3 is 2.91 bits per heavy atom. The first-order chi connectivity index (χ1) is 10.7. The van der Waals surface area contributed by atoms with Crippen LogP contribution in [0.1, 0.15) is 43.6 Å². The topological polar surface area (TPSA) is 66.8 Å². The molecule has 1 N–H and O–H groups in total. The second kappa shape index (κ2) is 6.38. The molecule has 0 aromatic heterocycles. The minimum atomic E-state index is -0.799. The Kier molecular flexibility index (Phi) is 4.32. The molecule has 1 aromatic carbocycles. The first-order valence-electron chi connectivity index (χ1n) is 7.91. The van der Waals surface area contributed by atoms with E-state index in [-0.39, 0.29) is 24.3 Å². The fourth-order valence-electron chi connectivity index (χ4n) is 3.45. The molecule has 0 unspecified atom stereocenters. The molecule has 5 nitrogen and oxygen atoms in total. The largest absolute Gasteiger partial charge is 0.492 e. The average Bonchev–Trinajstić information content (AvgIpc) is 2.96. The van der Waals surface area contributed by atoms with E-state index in [1.807, 2.05) is 29.2 Å². The molecule has 118 valence electrons. The van der Waals surface area contributed by atoms with E-state index < -0.39 is 5.97 Å². The maximum Gasteiger partial charge on any atom is 0.303 e. The van der Waals surface area contributed by atoms with Crippen LogP contribution in [0.25, 0.3) is 0 Å². The summed E-state index contributed by atoms with van der Waals surface area (Å²) in [6.07, 6.45) is 3.60. The Morgan fingerprint density at radius 1 is 1.27 bits per heavy atom. The van der Waals surface area contributed by atoms with Crippen molar-refractivity contribution in [3.63, 3.8) is 0 Å². The van der Waals surface area contributed by atoms with E-state index in [0.717, 1.165) is 37.1 Å². The SMILES string of the molecule is O=C(O)CC[C@@H]1CCCCN1C(=O)[C@@H]1COc2ccccc21. The molecule has 2 aliphatic heterocycles. The summed E-state index contributed by atoms with van der Waals surface area (Å²) in [5, 5.41) is 8.89. The number of likely N-dealkylation sites (tertiary alicyclic amines) is 1. The van der Waals surface area contributed by atoms with Crippen LogP contribution in [0.3, 0.4) is 0 Å². The summed E-state index contributed by atoms with van der Waals surface area (Å²) < 4.78 is 5.61. The minimum absolute atomic E-state index is 0.0464. The fraction of sp³-hybridized carbons (Fsp3) is 0.529. The van der Waals surface area contributed by atoms with E-state index >= 15 is 0 Å². The van der Waals surface area contributed by atoms with Gasteiger partial charge in [-0.1, -0.05) is 18.2 Å². The molecule has 2 heterocycles. The number of carbonyl (C=O) groups excluding carboxylic acids is 1. The first-order valence-corrected chi connectivity index (χ1v) is 7.91. The zero-order valence-corrected chi connectivity index (χ0v) is 12.5. The summed E-state index contributed by atoms with van der Waals surface area (Å²) >= 11 is 0. The lowest BCUT2D eigenvalue weighted by Crippen LogP contribution is -2.46. The second-order valence-corrected chi connectivity index (χ2v) is 6.02. The van der Waals surface area contributed by atoms with E-state index in [2.05, 4.69) is 0 Å². The van der Waals surface area contributed by atoms with Gasteiger partial charge in [-0.2, -0.15) is 0 Å². The third kappa shape index (κ3) is 2.93. The van der Waals surface area contributed by atoms with Crippen molar-refractivity contribution in [2.24, 2.45) is 0 Å². The van der Waals surface area contributed by atoms with Crippen molar-refractivity contribution in [2.45, 2.75) is 44.1 Å². The summed E-state index contributed by atoms with van der Waals surface area (Å²) in [5.74, 6) is -0.172. The van der Waals surface area contributed by atoms with Crippen molar-refractivity contribution in [3.05, 3.63) is 29.8 Å². The van der Waals surface area contributed by atoms with Crippen molar-refractivity contribution >= 4 is 11.9 Å². The number of nitrogens with zero attached hydrogens (tertiary/aromatic N) is 1. The van der Waals surface area contributed by atoms with E-state index in [4.69, 9.17) is 9.84 Å². The van der Waals surface area contributed by atoms with Crippen LogP contribution in [-0.2, 0) is 9.59 Å². The normalized spacial score (nSPS) is 23.7. The van der Waals surface area contributed by atoms with Gasteiger partial charge in [-0.3, -0.25) is 9.59 Å². The molecular formula is C17H21NO4. The van der Waals surface area contributed by atoms with Crippen LogP contribution in [0.4, 0.5) is 0 Å². The lowest BCUT2D eigenvalue weighted by Gasteiger charge is -2.37. The maximum absolute atomic E-state index is 12.9. The van der Waals surface area contributed by atoms with Gasteiger partial charge >= 0.3 is 5.97 Å². The number of carbonyl (C=O) groups is 2. The van der Waals surface area contributed by atoms with Crippen LogP contribution in [0.2, 0.25) is 0 Å². The highest BCUT2D eigenvalue weighted by molar-refractivity contribution is 5.86. The average molecular weight is 303 g/mol. The van der Waals surface area contributed by atoms with Gasteiger partial charge in [-0.05, 0) is 31.7 Å². The molecule has 0 spiro atoms. The summed E-state index contributed by atoms with van der Waals surface area (Å²) in [7, 11) is 0. The summed E-state index contributed by atoms with van der Waals surface area (Å²) in [6.45, 7) is 1.11. The molecular weight excluding hydrogens is 282 g/mol. The van der Waals surface area contributed by atoms with E-state index in [1.165, 1.54) is 0 Å². The van der Waals surface area contributed by atoms with Gasteiger partial charge in [-0.15, -0.1) is 0 Å². The smallest absolute Gasteiger partial charge is 0.303 e. The molecule has 22 heavy (non-hydrogen) atoms. The van der Waals surface area contributed by atoms with Crippen LogP contribution in [0, 0.1) is 0 Å². The Morgan fingerprint density at radius 2 is 2.09 bits per heavy atom. The molecule has 1 saturated heterocycles. The number of hydrogen-bond acceptors (Lipinski definition) is 3. The number of amides is 1. The van der Waals surface area contributed by atoms with Gasteiger partial charge in [0.25, 0.3) is 0 Å². The Balaban J connectivity index is 1.74. The van der Waals surface area contributed by atoms with Crippen molar-refractivity contribution in [1.82, 2.24) is 4.90 Å². The van der Waals surface area contributed by atoms with Crippen molar-refractivity contribution in [1.29, 1.82) is 0 Å². The van der Waals surface area contributed by atoms with Crippen LogP contribution in [0.15, 0.2) is 24.3 Å². The predicted molar refractivity (Wildman–Crippen MR) is 80.9 cm³/mol. The van der Waals surface area contributed by atoms with Crippen molar-refractivity contribution in [2.75, 3.05) is 13.2 Å². The van der Waals surface area contributed by atoms with Gasteiger partial charge in [-0.25, -0.2) is 0 Å². The van der Waals surface area contributed by atoms with E-state index in [1.54, 1.807) is 0 Å². The van der Waals surface area contributed by atoms with Crippen LogP contribution >= 0.6 is 0 Å². The number of carboxylic acids is 1. The van der Waals surface area contributed by atoms with Gasteiger partial charge in [0, 0.05) is 24.6 Å². The summed E-state index contributed by atoms with van der Waals surface area (Å²) in [5.41, 5.74) is 0.954. The van der Waals surface area contributed by atoms with Gasteiger partial charge in [0.15, 0.2) is 0 Å². The zero-order chi connectivity index (χ0) is 15.5. The fourth-order valence-corrected chi connectivity index (χ4v) is 3.45. The van der Waals surface area contributed by atoms with Crippen molar-refractivity contribution in [3.8, 4) is 5.75 Å². The second-order valence-electron chi connectivity index (χ2n) is 6.02. The number of fused-ring (bicyclic) bond motifs is 1. The first kappa shape index (κ1) is 14.9. The summed E-state index contributed by atoms with van der Waals surface area (Å²) in [6, 6.07) is 7.71.